The molecule has 1 rings (SSSR count). The fourth-order valence-electron chi connectivity index (χ4n) is 1.43. The lowest BCUT2D eigenvalue weighted by Gasteiger charge is -2.15. The summed E-state index contributed by atoms with van der Waals surface area (Å²) in [6.07, 6.45) is -10.2. The normalized spacial score (nSPS) is 13.6. The van der Waals surface area contributed by atoms with Gasteiger partial charge in [-0.15, -0.1) is 0 Å². The number of nitrogens with one attached hydrogen (secondary N) is 1. The van der Waals surface area contributed by atoms with Crippen molar-refractivity contribution in [2.45, 2.75) is 25.3 Å². The van der Waals surface area contributed by atoms with Crippen molar-refractivity contribution in [3.8, 4) is 0 Å². The zero-order valence-corrected chi connectivity index (χ0v) is 10.8. The van der Waals surface area contributed by atoms with Crippen molar-refractivity contribution in [2.24, 2.45) is 0 Å². The van der Waals surface area contributed by atoms with Gasteiger partial charge in [-0.25, -0.2) is 0 Å². The number of halogens is 6. The van der Waals surface area contributed by atoms with Gasteiger partial charge in [-0.2, -0.15) is 26.3 Å². The predicted molar refractivity (Wildman–Crippen MR) is 61.0 cm³/mol. The van der Waals surface area contributed by atoms with Crippen LogP contribution in [-0.4, -0.2) is 23.0 Å². The van der Waals surface area contributed by atoms with E-state index >= 15 is 0 Å². The third kappa shape index (κ3) is 4.37. The highest BCUT2D eigenvalue weighted by molar-refractivity contribution is 5.96. The summed E-state index contributed by atoms with van der Waals surface area (Å²) in [7, 11) is 0. The van der Waals surface area contributed by atoms with Gasteiger partial charge in [0, 0.05) is 5.56 Å². The van der Waals surface area contributed by atoms with Crippen LogP contribution < -0.4 is 5.32 Å². The molecule has 1 unspecified atom stereocenters. The van der Waals surface area contributed by atoms with Crippen LogP contribution in [0.4, 0.5) is 26.3 Å². The molecular formula is C12H9F6NO3. The molecule has 0 aliphatic heterocycles. The number of amides is 1. The van der Waals surface area contributed by atoms with Gasteiger partial charge in [0.2, 0.25) is 0 Å². The standard InChI is InChI=1S/C12H9F6NO3/c1-5(10(21)22)19-9(20)6-2-7(11(13,14)15)4-8(3-6)12(16,17)18/h2-5H,1H3,(H,19,20)(H,21,22). The first-order valence-corrected chi connectivity index (χ1v) is 5.65. The largest absolute Gasteiger partial charge is 0.480 e. The van der Waals surface area contributed by atoms with Gasteiger partial charge in [0.05, 0.1) is 11.1 Å². The summed E-state index contributed by atoms with van der Waals surface area (Å²) < 4.78 is 75.6. The number of hydrogen-bond acceptors (Lipinski definition) is 2. The molecule has 0 saturated heterocycles. The van der Waals surface area contributed by atoms with Crippen molar-refractivity contribution in [3.63, 3.8) is 0 Å². The molecule has 1 aromatic rings. The van der Waals surface area contributed by atoms with Gasteiger partial charge in [-0.05, 0) is 25.1 Å². The van der Waals surface area contributed by atoms with Crippen molar-refractivity contribution < 1.29 is 41.0 Å². The van der Waals surface area contributed by atoms with Crippen molar-refractivity contribution in [1.82, 2.24) is 5.32 Å². The highest BCUT2D eigenvalue weighted by Crippen LogP contribution is 2.36. The Balaban J connectivity index is 3.30. The average molecular weight is 329 g/mol. The van der Waals surface area contributed by atoms with Crippen molar-refractivity contribution in [1.29, 1.82) is 0 Å². The number of carboxylic acids is 1. The number of alkyl halides is 6. The van der Waals surface area contributed by atoms with E-state index in [0.717, 1.165) is 6.92 Å². The topological polar surface area (TPSA) is 66.4 Å². The third-order valence-corrected chi connectivity index (χ3v) is 2.57. The fourth-order valence-corrected chi connectivity index (χ4v) is 1.43. The molecule has 1 aromatic carbocycles. The first-order chi connectivity index (χ1) is 9.82. The molecule has 0 bridgehead atoms. The summed E-state index contributed by atoms with van der Waals surface area (Å²) >= 11 is 0. The van der Waals surface area contributed by atoms with Gasteiger partial charge in [0.25, 0.3) is 5.91 Å². The Morgan fingerprint density at radius 3 is 1.73 bits per heavy atom. The molecule has 0 aromatic heterocycles. The van der Waals surface area contributed by atoms with Crippen LogP contribution in [-0.2, 0) is 17.1 Å². The van der Waals surface area contributed by atoms with Gasteiger partial charge in [0.15, 0.2) is 0 Å². The van der Waals surface area contributed by atoms with E-state index < -0.39 is 47.0 Å². The van der Waals surface area contributed by atoms with Crippen LogP contribution in [0.2, 0.25) is 0 Å². The van der Waals surface area contributed by atoms with E-state index in [-0.39, 0.29) is 18.2 Å². The van der Waals surface area contributed by atoms with E-state index in [2.05, 4.69) is 0 Å². The molecule has 22 heavy (non-hydrogen) atoms. The van der Waals surface area contributed by atoms with Crippen LogP contribution in [0, 0.1) is 0 Å². The minimum atomic E-state index is -5.09. The van der Waals surface area contributed by atoms with E-state index in [0.29, 0.717) is 0 Å². The quantitative estimate of drug-likeness (QED) is 0.838. The Labute approximate surface area is 119 Å². The lowest BCUT2D eigenvalue weighted by molar-refractivity contribution is -0.143. The molecule has 0 radical (unpaired) electrons. The Bertz CT molecular complexity index is 561. The summed E-state index contributed by atoms with van der Waals surface area (Å²) in [5, 5.41) is 10.4. The smallest absolute Gasteiger partial charge is 0.416 e. The van der Waals surface area contributed by atoms with Gasteiger partial charge in [0.1, 0.15) is 6.04 Å². The van der Waals surface area contributed by atoms with E-state index in [4.69, 9.17) is 5.11 Å². The second kappa shape index (κ2) is 5.85. The lowest BCUT2D eigenvalue weighted by Crippen LogP contribution is -2.38. The van der Waals surface area contributed by atoms with Crippen LogP contribution in [0.5, 0.6) is 0 Å². The number of rotatable bonds is 3. The summed E-state index contributed by atoms with van der Waals surface area (Å²) in [6.45, 7) is 1.01. The first kappa shape index (κ1) is 17.8. The maximum atomic E-state index is 12.6. The Hall–Kier alpha value is -2.26. The minimum Gasteiger partial charge on any atom is -0.480 e. The molecule has 1 atom stereocenters. The highest BCUT2D eigenvalue weighted by atomic mass is 19.4. The molecule has 0 fully saturated rings. The minimum absolute atomic E-state index is 0.128. The van der Waals surface area contributed by atoms with Crippen molar-refractivity contribution in [2.75, 3.05) is 0 Å². The average Bonchev–Trinajstić information content (AvgIpc) is 2.35. The Kier molecular flexibility index (Phi) is 4.73. The van der Waals surface area contributed by atoms with E-state index in [9.17, 15) is 35.9 Å². The molecule has 2 N–H and O–H groups in total. The fraction of sp³-hybridized carbons (Fsp3) is 0.333. The summed E-state index contributed by atoms with van der Waals surface area (Å²) in [5.74, 6) is -2.84. The van der Waals surface area contributed by atoms with Crippen LogP contribution in [0.25, 0.3) is 0 Å². The van der Waals surface area contributed by atoms with Crippen molar-refractivity contribution >= 4 is 11.9 Å². The van der Waals surface area contributed by atoms with E-state index in [1.54, 1.807) is 5.32 Å². The predicted octanol–water partition coefficient (Wildman–Crippen LogP) is 2.93. The lowest BCUT2D eigenvalue weighted by atomic mass is 10.0. The third-order valence-electron chi connectivity index (χ3n) is 2.57. The van der Waals surface area contributed by atoms with Crippen LogP contribution >= 0.6 is 0 Å². The van der Waals surface area contributed by atoms with Gasteiger partial charge in [-0.1, -0.05) is 0 Å². The Morgan fingerprint density at radius 2 is 1.41 bits per heavy atom. The van der Waals surface area contributed by atoms with Gasteiger partial charge in [-0.3, -0.25) is 9.59 Å². The SMILES string of the molecule is CC(NC(=O)c1cc(C(F)(F)F)cc(C(F)(F)F)c1)C(=O)O. The maximum Gasteiger partial charge on any atom is 0.416 e. The number of carboxylic acid groups (broad SMARTS) is 1. The number of carbonyl (C=O) groups excluding carboxylic acids is 1. The van der Waals surface area contributed by atoms with Crippen LogP contribution in [0.15, 0.2) is 18.2 Å². The monoisotopic (exact) mass is 329 g/mol. The molecular weight excluding hydrogens is 320 g/mol. The van der Waals surface area contributed by atoms with Gasteiger partial charge >= 0.3 is 18.3 Å². The van der Waals surface area contributed by atoms with E-state index in [1.165, 1.54) is 0 Å². The first-order valence-electron chi connectivity index (χ1n) is 5.65. The molecule has 0 saturated carbocycles. The number of aliphatic carboxylic acids is 1. The molecule has 0 aliphatic rings. The maximum absolute atomic E-state index is 12.6. The van der Waals surface area contributed by atoms with E-state index in [1.807, 2.05) is 0 Å². The van der Waals surface area contributed by atoms with Crippen LogP contribution in [0.1, 0.15) is 28.4 Å². The van der Waals surface area contributed by atoms with Gasteiger partial charge < -0.3 is 10.4 Å². The summed E-state index contributed by atoms with van der Waals surface area (Å²) in [5.41, 5.74) is -4.25. The van der Waals surface area contributed by atoms with Crippen molar-refractivity contribution in [3.05, 3.63) is 34.9 Å². The molecule has 122 valence electrons. The number of carbonyl (C=O) groups is 2. The second-order valence-corrected chi connectivity index (χ2v) is 4.33. The zero-order chi connectivity index (χ0) is 17.3. The molecule has 1 amide bonds. The molecule has 0 aliphatic carbocycles. The van der Waals surface area contributed by atoms with Crippen LogP contribution in [0.3, 0.4) is 0 Å². The Morgan fingerprint density at radius 1 is 1.00 bits per heavy atom. The second-order valence-electron chi connectivity index (χ2n) is 4.33. The highest BCUT2D eigenvalue weighted by Gasteiger charge is 2.37. The number of benzene rings is 1. The number of hydrogen-bond donors (Lipinski definition) is 2. The molecule has 0 heterocycles. The molecule has 0 spiro atoms. The zero-order valence-electron chi connectivity index (χ0n) is 10.8. The summed E-state index contributed by atoms with van der Waals surface area (Å²) in [6, 6.07) is -1.16. The molecule has 4 nitrogen and oxygen atoms in total. The summed E-state index contributed by atoms with van der Waals surface area (Å²) in [4.78, 5) is 22.2. The molecule has 10 heteroatoms.